The van der Waals surface area contributed by atoms with E-state index in [2.05, 4.69) is 56.9 Å². The van der Waals surface area contributed by atoms with E-state index >= 15 is 0 Å². The van der Waals surface area contributed by atoms with Crippen LogP contribution >= 0.6 is 11.3 Å². The largest absolute Gasteiger partial charge is 0.393 e. The molecule has 2 aromatic heterocycles. The minimum Gasteiger partial charge on any atom is -0.367 e. The Morgan fingerprint density at radius 2 is 1.89 bits per heavy atom. The summed E-state index contributed by atoms with van der Waals surface area (Å²) in [5, 5.41) is 23.3. The number of likely N-dealkylation sites (tertiary alicyclic amines) is 1. The van der Waals surface area contributed by atoms with Gasteiger partial charge in [0, 0.05) is 47.9 Å². The lowest BCUT2D eigenvalue weighted by Crippen LogP contribution is -2.66. The molecule has 0 bridgehead atoms. The fraction of sp³-hybridized carbons (Fsp3) is 0.514. The molecular formula is C37H43F3N8O3S2. The first kappa shape index (κ1) is 37.3. The highest BCUT2D eigenvalue weighted by Gasteiger charge is 2.65. The monoisotopic (exact) mass is 768 g/mol. The number of fused-ring (bicyclic) bond motifs is 1. The molecule has 16 heteroatoms. The van der Waals surface area contributed by atoms with Gasteiger partial charge in [0.2, 0.25) is 15.9 Å². The van der Waals surface area contributed by atoms with E-state index in [4.69, 9.17) is 5.14 Å². The molecule has 5 heterocycles. The molecule has 1 amide bonds. The number of amides is 1. The molecule has 0 radical (unpaired) electrons. The lowest BCUT2D eigenvalue weighted by molar-refractivity contribution is -0.126. The summed E-state index contributed by atoms with van der Waals surface area (Å²) in [5.74, 6) is -0.0413. The normalized spacial score (nSPS) is 30.5. The Hall–Kier alpha value is -4.04. The van der Waals surface area contributed by atoms with Crippen molar-refractivity contribution in [3.05, 3.63) is 75.0 Å². The second kappa shape index (κ2) is 12.2. The van der Waals surface area contributed by atoms with Crippen LogP contribution in [0, 0.1) is 22.2 Å². The average Bonchev–Trinajstić information content (AvgIpc) is 3.61. The fourth-order valence-electron chi connectivity index (χ4n) is 9.91. The molecule has 53 heavy (non-hydrogen) atoms. The number of nitrogens with zero attached hydrogens (tertiary/aromatic N) is 5. The van der Waals surface area contributed by atoms with E-state index in [1.54, 1.807) is 13.0 Å². The Kier molecular flexibility index (Phi) is 8.61. The number of halogens is 3. The minimum absolute atomic E-state index is 0.00543. The van der Waals surface area contributed by atoms with E-state index < -0.39 is 50.4 Å². The number of rotatable bonds is 8. The van der Waals surface area contributed by atoms with Gasteiger partial charge in [0.05, 0.1) is 27.8 Å². The van der Waals surface area contributed by atoms with Gasteiger partial charge < -0.3 is 20.4 Å². The fourth-order valence-corrected chi connectivity index (χ4v) is 12.1. The predicted octanol–water partition coefficient (Wildman–Crippen LogP) is 5.44. The molecule has 0 spiro atoms. The number of aromatic nitrogens is 2. The van der Waals surface area contributed by atoms with Crippen LogP contribution in [0.5, 0.6) is 0 Å². The Balaban J connectivity index is 1.25. The van der Waals surface area contributed by atoms with Crippen molar-refractivity contribution in [2.45, 2.75) is 83.6 Å². The number of hydrogen-bond donors (Lipinski definition) is 3. The summed E-state index contributed by atoms with van der Waals surface area (Å²) in [4.78, 5) is 26.8. The molecule has 5 aliphatic rings. The van der Waals surface area contributed by atoms with Gasteiger partial charge in [-0.1, -0.05) is 32.1 Å². The van der Waals surface area contributed by atoms with Gasteiger partial charge in [-0.2, -0.15) is 18.4 Å². The number of nitriles is 1. The molecule has 7 rings (SSSR count). The lowest BCUT2D eigenvalue weighted by atomic mass is 9.49. The molecule has 2 aliphatic carbocycles. The summed E-state index contributed by atoms with van der Waals surface area (Å²) in [6.45, 7) is 15.9. The maximum Gasteiger partial charge on any atom is 0.393 e. The second-order valence-electron chi connectivity index (χ2n) is 15.7. The van der Waals surface area contributed by atoms with E-state index in [0.717, 1.165) is 39.7 Å². The highest BCUT2D eigenvalue weighted by molar-refractivity contribution is 7.93. The maximum absolute atomic E-state index is 13.5. The first-order valence-corrected chi connectivity index (χ1v) is 19.9. The van der Waals surface area contributed by atoms with Gasteiger partial charge in [-0.25, -0.2) is 23.5 Å². The molecule has 2 fully saturated rings. The molecule has 3 aliphatic heterocycles. The van der Waals surface area contributed by atoms with E-state index in [1.807, 2.05) is 19.9 Å². The molecule has 0 saturated carbocycles. The van der Waals surface area contributed by atoms with Gasteiger partial charge in [-0.05, 0) is 75.0 Å². The van der Waals surface area contributed by atoms with E-state index in [0.29, 0.717) is 67.2 Å². The van der Waals surface area contributed by atoms with Crippen LogP contribution in [0.2, 0.25) is 0 Å². The SMILES string of the molecule is C=CC(=O)NC1(C)C(S(N)(=O)=O)=CC2(C)CCN3C(C#N)=CC4=C(C)C(C)(CN5CCC(Nc6ncnc7sc(CC(F)(F)F)cc67)CC5)C1=C2C43C. The Bertz CT molecular complexity index is 2230. The van der Waals surface area contributed by atoms with E-state index in [9.17, 15) is 31.6 Å². The van der Waals surface area contributed by atoms with Crippen LogP contribution < -0.4 is 15.8 Å². The highest BCUT2D eigenvalue weighted by Crippen LogP contribution is 2.66. The first-order chi connectivity index (χ1) is 24.7. The van der Waals surface area contributed by atoms with Crippen LogP contribution in [-0.4, -0.2) is 83.6 Å². The molecule has 4 unspecified atom stereocenters. The highest BCUT2D eigenvalue weighted by atomic mass is 32.2. The van der Waals surface area contributed by atoms with Gasteiger partial charge in [-0.15, -0.1) is 11.3 Å². The molecule has 11 nitrogen and oxygen atoms in total. The number of nitrogens with one attached hydrogen (secondary N) is 2. The third kappa shape index (κ3) is 5.82. The molecular weight excluding hydrogens is 726 g/mol. The van der Waals surface area contributed by atoms with Crippen molar-refractivity contribution < 1.29 is 26.4 Å². The number of piperidine rings is 2. The number of thiophene rings is 1. The zero-order valence-electron chi connectivity index (χ0n) is 30.3. The summed E-state index contributed by atoms with van der Waals surface area (Å²) >= 11 is 1.01. The summed E-state index contributed by atoms with van der Waals surface area (Å²) in [7, 11) is -4.32. The number of carbonyl (C=O) groups excluding carboxylic acids is 1. The van der Waals surface area contributed by atoms with Gasteiger partial charge in [-0.3, -0.25) is 4.79 Å². The van der Waals surface area contributed by atoms with E-state index in [1.165, 1.54) is 12.4 Å². The van der Waals surface area contributed by atoms with Crippen molar-refractivity contribution in [3.63, 3.8) is 0 Å². The Labute approximate surface area is 311 Å². The third-order valence-corrected chi connectivity index (χ3v) is 14.4. The van der Waals surface area contributed by atoms with Crippen molar-refractivity contribution in [1.29, 1.82) is 5.26 Å². The first-order valence-electron chi connectivity index (χ1n) is 17.6. The second-order valence-corrected chi connectivity index (χ2v) is 18.3. The van der Waals surface area contributed by atoms with Crippen LogP contribution in [-0.2, 0) is 21.2 Å². The van der Waals surface area contributed by atoms with Crippen molar-refractivity contribution in [1.82, 2.24) is 25.1 Å². The number of alkyl halides is 3. The number of sulfonamides is 1. The van der Waals surface area contributed by atoms with Crippen LogP contribution in [0.3, 0.4) is 0 Å². The number of carbonyl (C=O) groups is 1. The molecule has 2 aromatic rings. The molecule has 0 aromatic carbocycles. The van der Waals surface area contributed by atoms with Crippen LogP contribution in [0.15, 0.2) is 70.1 Å². The maximum atomic E-state index is 13.5. The summed E-state index contributed by atoms with van der Waals surface area (Å²) in [6.07, 6.45) is 2.76. The molecule has 4 atom stereocenters. The van der Waals surface area contributed by atoms with Crippen molar-refractivity contribution in [2.24, 2.45) is 16.0 Å². The molecule has 282 valence electrons. The molecule has 2 saturated heterocycles. The van der Waals surface area contributed by atoms with Gasteiger partial charge in [0.15, 0.2) is 0 Å². The predicted molar refractivity (Wildman–Crippen MR) is 198 cm³/mol. The van der Waals surface area contributed by atoms with Crippen molar-refractivity contribution >= 4 is 43.3 Å². The number of primary sulfonamides is 1. The van der Waals surface area contributed by atoms with Gasteiger partial charge in [0.1, 0.15) is 28.7 Å². The summed E-state index contributed by atoms with van der Waals surface area (Å²) in [5.41, 5.74) is 0.345. The van der Waals surface area contributed by atoms with E-state index in [-0.39, 0.29) is 15.8 Å². The lowest BCUT2D eigenvalue weighted by Gasteiger charge is -2.63. The van der Waals surface area contributed by atoms with Crippen molar-refractivity contribution in [3.8, 4) is 6.07 Å². The Morgan fingerprint density at radius 1 is 1.19 bits per heavy atom. The smallest absolute Gasteiger partial charge is 0.367 e. The zero-order chi connectivity index (χ0) is 38.5. The average molecular weight is 769 g/mol. The number of nitrogens with two attached hydrogens (primary N) is 1. The van der Waals surface area contributed by atoms with Crippen molar-refractivity contribution in [2.75, 3.05) is 31.5 Å². The number of allylic oxidation sites excluding steroid dienone is 2. The number of anilines is 1. The third-order valence-electron chi connectivity index (χ3n) is 12.2. The van der Waals surface area contributed by atoms with Crippen LogP contribution in [0.1, 0.15) is 58.8 Å². The topological polar surface area (TPSA) is 157 Å². The van der Waals surface area contributed by atoms with Gasteiger partial charge >= 0.3 is 6.18 Å². The Morgan fingerprint density at radius 3 is 2.51 bits per heavy atom. The number of hydrogen-bond acceptors (Lipinski definition) is 10. The molecule has 4 N–H and O–H groups in total. The summed E-state index contributed by atoms with van der Waals surface area (Å²) in [6, 6.07) is 3.90. The van der Waals surface area contributed by atoms with Gasteiger partial charge in [0.25, 0.3) is 0 Å². The minimum atomic E-state index is -4.32. The standard InChI is InChI=1S/C37H43F3N8O3S2/c1-7-28(49)46-35(5)27(53(42,50)51)17-33(3)10-13-48-23(18-41)14-26-21(2)34(4,30(35)29(33)36(26,48)6)19-47-11-8-22(9-12-47)45-31-25-15-24(16-37(38,39)40)52-32(25)44-20-43-31/h7,14-15,17,20,22H,1,8-13,16,19H2,2-6H3,(H,46,49)(H2,42,50,51)(H,43,44,45). The zero-order valence-corrected chi connectivity index (χ0v) is 31.9. The summed E-state index contributed by atoms with van der Waals surface area (Å²) < 4.78 is 66.4. The van der Waals surface area contributed by atoms with Crippen LogP contribution in [0.25, 0.3) is 10.2 Å². The quantitative estimate of drug-likeness (QED) is 0.235. The van der Waals surface area contributed by atoms with Crippen LogP contribution in [0.4, 0.5) is 19.0 Å².